The molecule has 2 aromatic heterocycles. The van der Waals surface area contributed by atoms with Gasteiger partial charge >= 0.3 is 0 Å². The van der Waals surface area contributed by atoms with Crippen LogP contribution in [-0.2, 0) is 0 Å². The Balaban J connectivity index is 1.67. The van der Waals surface area contributed by atoms with Crippen LogP contribution < -0.4 is 10.2 Å². The Bertz CT molecular complexity index is 1260. The molecular formula is C24H22N6O2. The lowest BCUT2D eigenvalue weighted by Crippen LogP contribution is -2.05. The zero-order valence-electron chi connectivity index (χ0n) is 18.0. The van der Waals surface area contributed by atoms with Gasteiger partial charge in [-0.05, 0) is 50.2 Å². The molecule has 0 saturated heterocycles. The summed E-state index contributed by atoms with van der Waals surface area (Å²) in [5.74, 6) is 1.39. The Labute approximate surface area is 185 Å². The summed E-state index contributed by atoms with van der Waals surface area (Å²) in [7, 11) is 0. The molecule has 0 bridgehead atoms. The molecule has 8 nitrogen and oxygen atoms in total. The second kappa shape index (κ2) is 9.18. The van der Waals surface area contributed by atoms with Crippen molar-refractivity contribution in [3.05, 3.63) is 77.9 Å². The summed E-state index contributed by atoms with van der Waals surface area (Å²) in [5, 5.41) is 18.2. The molecule has 2 aromatic carbocycles. The highest BCUT2D eigenvalue weighted by molar-refractivity contribution is 5.89. The van der Waals surface area contributed by atoms with E-state index in [0.717, 1.165) is 28.3 Å². The third kappa shape index (κ3) is 4.68. The van der Waals surface area contributed by atoms with Gasteiger partial charge in [-0.25, -0.2) is 15.1 Å². The van der Waals surface area contributed by atoms with Crippen LogP contribution in [0.5, 0.6) is 5.75 Å². The van der Waals surface area contributed by atoms with E-state index in [2.05, 4.69) is 15.5 Å². The zero-order chi connectivity index (χ0) is 22.5. The predicted octanol–water partition coefficient (Wildman–Crippen LogP) is 4.94. The highest BCUT2D eigenvalue weighted by atomic mass is 16.5. The van der Waals surface area contributed by atoms with Crippen LogP contribution in [0.15, 0.2) is 70.3 Å². The van der Waals surface area contributed by atoms with Crippen LogP contribution >= 0.6 is 0 Å². The van der Waals surface area contributed by atoms with Crippen LogP contribution in [0.25, 0.3) is 16.9 Å². The van der Waals surface area contributed by atoms with Crippen molar-refractivity contribution in [2.75, 3.05) is 5.43 Å². The van der Waals surface area contributed by atoms with Crippen molar-refractivity contribution in [2.24, 2.45) is 5.10 Å². The van der Waals surface area contributed by atoms with Crippen LogP contribution in [0.3, 0.4) is 0 Å². The van der Waals surface area contributed by atoms with Crippen molar-refractivity contribution in [2.45, 2.75) is 26.9 Å². The maximum atomic E-state index is 9.16. The molecule has 0 unspecified atom stereocenters. The first-order valence-corrected chi connectivity index (χ1v) is 10.1. The van der Waals surface area contributed by atoms with Crippen LogP contribution in [0, 0.1) is 18.3 Å². The number of nitrogens with one attached hydrogen (secondary N) is 1. The molecule has 0 atom stereocenters. The van der Waals surface area contributed by atoms with Gasteiger partial charge < -0.3 is 9.15 Å². The van der Waals surface area contributed by atoms with Crippen LogP contribution in [-0.4, -0.2) is 27.1 Å². The summed E-state index contributed by atoms with van der Waals surface area (Å²) in [5.41, 5.74) is 6.30. The normalized spacial score (nSPS) is 11.1. The fraction of sp³-hybridized carbons (Fsp3) is 0.167. The minimum atomic E-state index is 0.102. The molecule has 160 valence electrons. The third-order valence-electron chi connectivity index (χ3n) is 4.47. The fourth-order valence-electron chi connectivity index (χ4n) is 3.12. The summed E-state index contributed by atoms with van der Waals surface area (Å²) in [4.78, 5) is 4.00. The average molecular weight is 426 g/mol. The molecule has 0 aliphatic rings. The molecule has 0 aliphatic carbocycles. The number of aromatic nitrogens is 3. The van der Waals surface area contributed by atoms with Crippen molar-refractivity contribution >= 4 is 12.1 Å². The quantitative estimate of drug-likeness (QED) is 0.332. The molecule has 4 rings (SSSR count). The lowest BCUT2D eigenvalue weighted by Gasteiger charge is -2.09. The second-order valence-corrected chi connectivity index (χ2v) is 7.30. The number of hydrazone groups is 1. The standard InChI is InChI=1S/C24H22N6O2/c1-16(2)31-21-11-9-18(10-12-21)23-19(15-30(29-23)20-7-5-4-6-8-20)14-26-28-24-22(13-25)27-17(3)32-24/h4-12,14-16,28H,1-3H3. The monoisotopic (exact) mass is 426 g/mol. The number of rotatable bonds is 7. The van der Waals surface area contributed by atoms with E-state index in [0.29, 0.717) is 5.89 Å². The van der Waals surface area contributed by atoms with E-state index >= 15 is 0 Å². The van der Waals surface area contributed by atoms with Gasteiger partial charge in [0.15, 0.2) is 5.89 Å². The van der Waals surface area contributed by atoms with Crippen molar-refractivity contribution in [1.82, 2.24) is 14.8 Å². The molecule has 0 fully saturated rings. The highest BCUT2D eigenvalue weighted by Crippen LogP contribution is 2.25. The van der Waals surface area contributed by atoms with Crippen molar-refractivity contribution in [3.8, 4) is 28.8 Å². The summed E-state index contributed by atoms with van der Waals surface area (Å²) in [6.07, 6.45) is 3.63. The number of para-hydroxylation sites is 1. The molecule has 0 radical (unpaired) electrons. The number of aryl methyl sites for hydroxylation is 1. The van der Waals surface area contributed by atoms with Crippen molar-refractivity contribution < 1.29 is 9.15 Å². The van der Waals surface area contributed by atoms with Gasteiger partial charge in [-0.3, -0.25) is 0 Å². The smallest absolute Gasteiger partial charge is 0.252 e. The second-order valence-electron chi connectivity index (χ2n) is 7.30. The molecular weight excluding hydrogens is 404 g/mol. The molecule has 0 amide bonds. The van der Waals surface area contributed by atoms with E-state index in [1.165, 1.54) is 0 Å². The zero-order valence-corrected chi connectivity index (χ0v) is 18.0. The number of benzene rings is 2. The Morgan fingerprint density at radius 1 is 1.16 bits per heavy atom. The van der Waals surface area contributed by atoms with E-state index in [1.807, 2.05) is 80.7 Å². The number of hydrogen-bond donors (Lipinski definition) is 1. The minimum Gasteiger partial charge on any atom is -0.491 e. The molecule has 0 spiro atoms. The predicted molar refractivity (Wildman–Crippen MR) is 122 cm³/mol. The summed E-state index contributed by atoms with van der Waals surface area (Å²) >= 11 is 0. The van der Waals surface area contributed by atoms with Gasteiger partial charge in [-0.15, -0.1) is 0 Å². The largest absolute Gasteiger partial charge is 0.491 e. The van der Waals surface area contributed by atoms with E-state index in [-0.39, 0.29) is 17.7 Å². The number of hydrogen-bond acceptors (Lipinski definition) is 7. The molecule has 2 heterocycles. The molecule has 0 aliphatic heterocycles. The first-order chi connectivity index (χ1) is 15.5. The molecule has 8 heteroatoms. The number of ether oxygens (including phenoxy) is 1. The van der Waals surface area contributed by atoms with Gasteiger partial charge in [0.25, 0.3) is 5.88 Å². The molecule has 32 heavy (non-hydrogen) atoms. The Hall–Kier alpha value is -4.38. The van der Waals surface area contributed by atoms with Gasteiger partial charge in [-0.2, -0.15) is 15.5 Å². The van der Waals surface area contributed by atoms with E-state index in [1.54, 1.807) is 17.8 Å². The topological polar surface area (TPSA) is 101 Å². The molecule has 4 aromatic rings. The van der Waals surface area contributed by atoms with Crippen LogP contribution in [0.1, 0.15) is 31.0 Å². The number of anilines is 1. The summed E-state index contributed by atoms with van der Waals surface area (Å²) < 4.78 is 12.9. The minimum absolute atomic E-state index is 0.102. The summed E-state index contributed by atoms with van der Waals surface area (Å²) in [6, 6.07) is 19.6. The van der Waals surface area contributed by atoms with Gasteiger partial charge in [-0.1, -0.05) is 18.2 Å². The van der Waals surface area contributed by atoms with Crippen molar-refractivity contribution in [3.63, 3.8) is 0 Å². The molecule has 0 saturated carbocycles. The van der Waals surface area contributed by atoms with Gasteiger partial charge in [0.05, 0.1) is 18.0 Å². The van der Waals surface area contributed by atoms with Crippen LogP contribution in [0.4, 0.5) is 5.88 Å². The lowest BCUT2D eigenvalue weighted by molar-refractivity contribution is 0.242. The van der Waals surface area contributed by atoms with Crippen LogP contribution in [0.2, 0.25) is 0 Å². The van der Waals surface area contributed by atoms with E-state index in [9.17, 15) is 0 Å². The number of oxazole rings is 1. The Morgan fingerprint density at radius 3 is 2.59 bits per heavy atom. The fourth-order valence-corrected chi connectivity index (χ4v) is 3.12. The lowest BCUT2D eigenvalue weighted by atomic mass is 10.1. The first-order valence-electron chi connectivity index (χ1n) is 10.1. The molecule has 1 N–H and O–H groups in total. The number of nitriles is 1. The maximum absolute atomic E-state index is 9.16. The van der Waals surface area contributed by atoms with Gasteiger partial charge in [0.2, 0.25) is 5.69 Å². The third-order valence-corrected chi connectivity index (χ3v) is 4.47. The SMILES string of the molecule is Cc1nc(C#N)c(NN=Cc2cn(-c3ccccc3)nc2-c2ccc(OC(C)C)cc2)o1. The first kappa shape index (κ1) is 20.9. The van der Waals surface area contributed by atoms with Gasteiger partial charge in [0, 0.05) is 24.2 Å². The highest BCUT2D eigenvalue weighted by Gasteiger charge is 2.13. The maximum Gasteiger partial charge on any atom is 0.252 e. The summed E-state index contributed by atoms with van der Waals surface area (Å²) in [6.45, 7) is 5.65. The Kier molecular flexibility index (Phi) is 5.99. The number of nitrogens with zero attached hydrogens (tertiary/aromatic N) is 5. The van der Waals surface area contributed by atoms with Gasteiger partial charge in [0.1, 0.15) is 17.5 Å². The van der Waals surface area contributed by atoms with E-state index < -0.39 is 0 Å². The average Bonchev–Trinajstić information content (AvgIpc) is 3.38. The van der Waals surface area contributed by atoms with E-state index in [4.69, 9.17) is 19.5 Å². The Morgan fingerprint density at radius 2 is 1.91 bits per heavy atom. The van der Waals surface area contributed by atoms with Crippen molar-refractivity contribution in [1.29, 1.82) is 5.26 Å².